The number of anilines is 1. The molecule has 1 aliphatic rings. The summed E-state index contributed by atoms with van der Waals surface area (Å²) in [7, 11) is 0. The van der Waals surface area contributed by atoms with Crippen LogP contribution in [-0.2, 0) is 6.54 Å². The van der Waals surface area contributed by atoms with Crippen LogP contribution in [0.1, 0.15) is 31.6 Å². The number of hydrogen-bond acceptors (Lipinski definition) is 4. The van der Waals surface area contributed by atoms with Crippen molar-refractivity contribution in [3.63, 3.8) is 0 Å². The molecule has 1 saturated heterocycles. The number of aromatic nitrogens is 1. The minimum atomic E-state index is 0.733. The zero-order valence-corrected chi connectivity index (χ0v) is 10.6. The number of nitrogens with two attached hydrogens (primary N) is 1. The lowest BCUT2D eigenvalue weighted by atomic mass is 10.2. The summed E-state index contributed by atoms with van der Waals surface area (Å²) in [6, 6.07) is 5.61. The number of nitrogen functional groups attached to an aromatic ring is 1. The van der Waals surface area contributed by atoms with E-state index in [1.807, 2.05) is 18.2 Å². The topological polar surface area (TPSA) is 55.3 Å². The van der Waals surface area contributed by atoms with E-state index in [1.165, 1.54) is 25.7 Å². The molecule has 0 atom stereocenters. The van der Waals surface area contributed by atoms with Crippen LogP contribution in [0.15, 0.2) is 22.6 Å². The second-order valence-electron chi connectivity index (χ2n) is 5.03. The smallest absolute Gasteiger partial charge is 0.209 e. The Balaban J connectivity index is 1.77. The van der Waals surface area contributed by atoms with Gasteiger partial charge in [-0.1, -0.05) is 12.8 Å². The average Bonchev–Trinajstić information content (AvgIpc) is 2.57. The molecule has 0 unspecified atom stereocenters. The highest BCUT2D eigenvalue weighted by atomic mass is 16.3. The zero-order chi connectivity index (χ0) is 12.4. The summed E-state index contributed by atoms with van der Waals surface area (Å²) in [5.74, 6) is 0.803. The third kappa shape index (κ3) is 2.48. The molecule has 96 valence electrons. The van der Waals surface area contributed by atoms with Crippen molar-refractivity contribution < 1.29 is 4.42 Å². The van der Waals surface area contributed by atoms with Crippen LogP contribution in [0.4, 0.5) is 5.69 Å². The van der Waals surface area contributed by atoms with Crippen LogP contribution >= 0.6 is 0 Å². The molecule has 1 aromatic heterocycles. The van der Waals surface area contributed by atoms with E-state index in [0.29, 0.717) is 0 Å². The molecule has 0 saturated carbocycles. The molecule has 1 fully saturated rings. The number of benzene rings is 1. The van der Waals surface area contributed by atoms with E-state index in [2.05, 4.69) is 9.88 Å². The lowest BCUT2D eigenvalue weighted by molar-refractivity contribution is 0.251. The maximum atomic E-state index is 5.76. The first kappa shape index (κ1) is 11.5. The number of fused-ring (bicyclic) bond motifs is 1. The Bertz CT molecular complexity index is 527. The lowest BCUT2D eigenvalue weighted by Gasteiger charge is -2.16. The van der Waals surface area contributed by atoms with E-state index in [-0.39, 0.29) is 0 Å². The third-order valence-electron chi connectivity index (χ3n) is 3.51. The molecule has 3 rings (SSSR count). The van der Waals surface area contributed by atoms with Gasteiger partial charge in [-0.15, -0.1) is 0 Å². The first-order valence-electron chi connectivity index (χ1n) is 6.68. The molecule has 0 radical (unpaired) electrons. The van der Waals surface area contributed by atoms with Crippen molar-refractivity contribution in [1.29, 1.82) is 0 Å². The van der Waals surface area contributed by atoms with E-state index in [1.54, 1.807) is 0 Å². The Morgan fingerprint density at radius 1 is 1.17 bits per heavy atom. The Hall–Kier alpha value is -1.55. The van der Waals surface area contributed by atoms with Gasteiger partial charge in [0, 0.05) is 5.69 Å². The highest BCUT2D eigenvalue weighted by Gasteiger charge is 2.13. The fourth-order valence-electron chi connectivity index (χ4n) is 2.55. The van der Waals surface area contributed by atoms with Gasteiger partial charge in [-0.25, -0.2) is 4.98 Å². The van der Waals surface area contributed by atoms with Gasteiger partial charge in [-0.3, -0.25) is 4.90 Å². The summed E-state index contributed by atoms with van der Waals surface area (Å²) >= 11 is 0. The summed E-state index contributed by atoms with van der Waals surface area (Å²) in [6.07, 6.45) is 5.27. The van der Waals surface area contributed by atoms with E-state index in [9.17, 15) is 0 Å². The minimum Gasteiger partial charge on any atom is -0.439 e. The van der Waals surface area contributed by atoms with Gasteiger partial charge < -0.3 is 10.2 Å². The fraction of sp³-hybridized carbons (Fsp3) is 0.500. The second kappa shape index (κ2) is 4.98. The van der Waals surface area contributed by atoms with Crippen LogP contribution in [0.2, 0.25) is 0 Å². The van der Waals surface area contributed by atoms with Crippen molar-refractivity contribution in [3.05, 3.63) is 24.1 Å². The summed E-state index contributed by atoms with van der Waals surface area (Å²) < 4.78 is 5.76. The predicted octanol–water partition coefficient (Wildman–Crippen LogP) is 2.79. The fourth-order valence-corrected chi connectivity index (χ4v) is 2.55. The molecule has 18 heavy (non-hydrogen) atoms. The molecule has 2 aromatic rings. The van der Waals surface area contributed by atoms with E-state index >= 15 is 0 Å². The Morgan fingerprint density at radius 3 is 2.72 bits per heavy atom. The molecule has 0 bridgehead atoms. The van der Waals surface area contributed by atoms with Crippen LogP contribution < -0.4 is 5.73 Å². The summed E-state index contributed by atoms with van der Waals surface area (Å²) in [5.41, 5.74) is 8.17. The van der Waals surface area contributed by atoms with Gasteiger partial charge in [-0.05, 0) is 44.1 Å². The van der Waals surface area contributed by atoms with E-state index in [4.69, 9.17) is 10.2 Å². The summed E-state index contributed by atoms with van der Waals surface area (Å²) in [6.45, 7) is 3.12. The molecule has 1 aliphatic heterocycles. The van der Waals surface area contributed by atoms with Crippen molar-refractivity contribution in [1.82, 2.24) is 9.88 Å². The number of oxazole rings is 1. The molecule has 0 amide bonds. The standard InChI is InChI=1S/C14H19N3O/c15-11-5-6-13-12(9-11)16-14(18-13)10-17-7-3-1-2-4-8-17/h5-6,9H,1-4,7-8,10,15H2. The zero-order valence-electron chi connectivity index (χ0n) is 10.6. The van der Waals surface area contributed by atoms with Gasteiger partial charge in [0.2, 0.25) is 5.89 Å². The van der Waals surface area contributed by atoms with Crippen molar-refractivity contribution >= 4 is 16.8 Å². The molecule has 1 aromatic carbocycles. The molecule has 4 heteroatoms. The van der Waals surface area contributed by atoms with Gasteiger partial charge in [0.1, 0.15) is 5.52 Å². The van der Waals surface area contributed by atoms with Crippen LogP contribution in [0.25, 0.3) is 11.1 Å². The first-order chi connectivity index (χ1) is 8.81. The van der Waals surface area contributed by atoms with E-state index in [0.717, 1.165) is 42.3 Å². The monoisotopic (exact) mass is 245 g/mol. The minimum absolute atomic E-state index is 0.733. The van der Waals surface area contributed by atoms with Crippen molar-refractivity contribution in [2.45, 2.75) is 32.2 Å². The number of rotatable bonds is 2. The maximum Gasteiger partial charge on any atom is 0.209 e. The molecular weight excluding hydrogens is 226 g/mol. The van der Waals surface area contributed by atoms with Gasteiger partial charge in [-0.2, -0.15) is 0 Å². The molecule has 4 nitrogen and oxygen atoms in total. The largest absolute Gasteiger partial charge is 0.439 e. The molecule has 2 N–H and O–H groups in total. The van der Waals surface area contributed by atoms with Gasteiger partial charge in [0.05, 0.1) is 6.54 Å². The maximum absolute atomic E-state index is 5.76. The van der Waals surface area contributed by atoms with Crippen molar-refractivity contribution in [3.8, 4) is 0 Å². The Labute approximate surface area is 107 Å². The van der Waals surface area contributed by atoms with Crippen LogP contribution in [0.3, 0.4) is 0 Å². The van der Waals surface area contributed by atoms with Gasteiger partial charge >= 0.3 is 0 Å². The number of likely N-dealkylation sites (tertiary alicyclic amines) is 1. The SMILES string of the molecule is Nc1ccc2oc(CN3CCCCCC3)nc2c1. The van der Waals surface area contributed by atoms with Crippen LogP contribution in [0, 0.1) is 0 Å². The van der Waals surface area contributed by atoms with Gasteiger partial charge in [0.15, 0.2) is 5.58 Å². The number of nitrogens with zero attached hydrogens (tertiary/aromatic N) is 2. The van der Waals surface area contributed by atoms with E-state index < -0.39 is 0 Å². The Kier molecular flexibility index (Phi) is 3.19. The normalized spacial score (nSPS) is 18.0. The Morgan fingerprint density at radius 2 is 1.94 bits per heavy atom. The highest BCUT2D eigenvalue weighted by molar-refractivity contribution is 5.76. The lowest BCUT2D eigenvalue weighted by Crippen LogP contribution is -2.24. The van der Waals surface area contributed by atoms with Crippen LogP contribution in [-0.4, -0.2) is 23.0 Å². The first-order valence-corrected chi connectivity index (χ1v) is 6.68. The van der Waals surface area contributed by atoms with Crippen molar-refractivity contribution in [2.75, 3.05) is 18.8 Å². The van der Waals surface area contributed by atoms with Gasteiger partial charge in [0.25, 0.3) is 0 Å². The molecule has 0 aliphatic carbocycles. The predicted molar refractivity (Wildman–Crippen MR) is 72.2 cm³/mol. The second-order valence-corrected chi connectivity index (χ2v) is 5.03. The third-order valence-corrected chi connectivity index (χ3v) is 3.51. The average molecular weight is 245 g/mol. The highest BCUT2D eigenvalue weighted by Crippen LogP contribution is 2.20. The number of hydrogen-bond donors (Lipinski definition) is 1. The quantitative estimate of drug-likeness (QED) is 0.827. The van der Waals surface area contributed by atoms with Crippen LogP contribution in [0.5, 0.6) is 0 Å². The molecule has 2 heterocycles. The summed E-state index contributed by atoms with van der Waals surface area (Å²) in [5, 5.41) is 0. The molecular formula is C14H19N3O. The summed E-state index contributed by atoms with van der Waals surface area (Å²) in [4.78, 5) is 6.94. The molecule has 0 spiro atoms. The van der Waals surface area contributed by atoms with Crippen molar-refractivity contribution in [2.24, 2.45) is 0 Å².